The predicted octanol–water partition coefficient (Wildman–Crippen LogP) is 3.49. The zero-order chi connectivity index (χ0) is 17.8. The van der Waals surface area contributed by atoms with Crippen molar-refractivity contribution in [2.45, 2.75) is 6.92 Å². The fraction of sp³-hybridized carbons (Fsp3) is 0.0556. The topological polar surface area (TPSA) is 84.2 Å². The third-order valence-corrected chi connectivity index (χ3v) is 3.98. The summed E-state index contributed by atoms with van der Waals surface area (Å²) in [5.41, 5.74) is 7.28. The van der Waals surface area contributed by atoms with Crippen LogP contribution in [0, 0.1) is 6.92 Å². The lowest BCUT2D eigenvalue weighted by Crippen LogP contribution is -2.41. The predicted molar refractivity (Wildman–Crippen MR) is 95.8 cm³/mol. The van der Waals surface area contributed by atoms with Crippen molar-refractivity contribution in [3.05, 3.63) is 76.3 Å². The van der Waals surface area contributed by atoms with Gasteiger partial charge in [0.15, 0.2) is 5.76 Å². The summed E-state index contributed by atoms with van der Waals surface area (Å²) in [6.45, 7) is 1.74. The van der Waals surface area contributed by atoms with E-state index in [2.05, 4.69) is 31.8 Å². The number of halogens is 1. The second-order valence-electron chi connectivity index (χ2n) is 5.23. The third-order valence-electron chi connectivity index (χ3n) is 3.49. The molecular formula is C18H14BrN3O3. The summed E-state index contributed by atoms with van der Waals surface area (Å²) in [6, 6.07) is 14.3. The lowest BCUT2D eigenvalue weighted by atomic mass is 10.1. The number of aryl methyl sites for hydroxylation is 1. The number of carbonyl (C=O) groups is 2. The van der Waals surface area contributed by atoms with Crippen LogP contribution in [0.25, 0.3) is 11.3 Å². The van der Waals surface area contributed by atoms with Crippen molar-refractivity contribution in [1.82, 2.24) is 15.8 Å². The monoisotopic (exact) mass is 399 g/mol. The summed E-state index contributed by atoms with van der Waals surface area (Å²) >= 11 is 3.43. The number of pyridine rings is 1. The highest BCUT2D eigenvalue weighted by atomic mass is 79.9. The maximum absolute atomic E-state index is 12.2. The van der Waals surface area contributed by atoms with Gasteiger partial charge in [0.1, 0.15) is 0 Å². The van der Waals surface area contributed by atoms with Crippen molar-refractivity contribution >= 4 is 27.7 Å². The highest BCUT2D eigenvalue weighted by molar-refractivity contribution is 9.10. The molecule has 0 spiro atoms. The first-order valence-electron chi connectivity index (χ1n) is 7.42. The maximum atomic E-state index is 12.2. The molecule has 0 unspecified atom stereocenters. The van der Waals surface area contributed by atoms with Gasteiger partial charge in [0.05, 0.1) is 23.2 Å². The zero-order valence-corrected chi connectivity index (χ0v) is 14.8. The van der Waals surface area contributed by atoms with E-state index in [4.69, 9.17) is 4.42 Å². The van der Waals surface area contributed by atoms with Crippen molar-refractivity contribution in [1.29, 1.82) is 0 Å². The van der Waals surface area contributed by atoms with Crippen LogP contribution >= 0.6 is 15.9 Å². The van der Waals surface area contributed by atoms with Gasteiger partial charge in [-0.15, -0.1) is 0 Å². The van der Waals surface area contributed by atoms with E-state index in [1.165, 1.54) is 12.3 Å². The smallest absolute Gasteiger partial charge is 0.305 e. The molecule has 7 heteroatoms. The Balaban J connectivity index is 1.72. The largest absolute Gasteiger partial charge is 0.459 e. The zero-order valence-electron chi connectivity index (χ0n) is 13.2. The fourth-order valence-electron chi connectivity index (χ4n) is 2.26. The van der Waals surface area contributed by atoms with E-state index in [1.807, 2.05) is 24.3 Å². The summed E-state index contributed by atoms with van der Waals surface area (Å²) in [4.78, 5) is 28.5. The first-order valence-corrected chi connectivity index (χ1v) is 8.21. The molecule has 6 nitrogen and oxygen atoms in total. The number of hydrogen-bond acceptors (Lipinski definition) is 4. The Hall–Kier alpha value is -2.93. The average molecular weight is 400 g/mol. The van der Waals surface area contributed by atoms with Crippen LogP contribution in [0.4, 0.5) is 0 Å². The van der Waals surface area contributed by atoms with Crippen LogP contribution in [0.5, 0.6) is 0 Å². The molecule has 0 aliphatic carbocycles. The number of carbonyl (C=O) groups excluding carboxylic acids is 2. The molecule has 1 aromatic carbocycles. The van der Waals surface area contributed by atoms with E-state index < -0.39 is 11.8 Å². The second kappa shape index (κ2) is 7.31. The number of aromatic nitrogens is 1. The Morgan fingerprint density at radius 3 is 2.52 bits per heavy atom. The lowest BCUT2D eigenvalue weighted by molar-refractivity contribution is 0.0830. The number of nitrogens with one attached hydrogen (secondary N) is 2. The van der Waals surface area contributed by atoms with Gasteiger partial charge in [-0.3, -0.25) is 25.4 Å². The van der Waals surface area contributed by atoms with Crippen LogP contribution in [0.3, 0.4) is 0 Å². The molecule has 3 aromatic rings. The molecule has 0 radical (unpaired) electrons. The van der Waals surface area contributed by atoms with Crippen LogP contribution in [-0.4, -0.2) is 16.8 Å². The van der Waals surface area contributed by atoms with Gasteiger partial charge in [-0.05, 0) is 43.3 Å². The summed E-state index contributed by atoms with van der Waals surface area (Å²) in [7, 11) is 0. The Morgan fingerprint density at radius 2 is 1.84 bits per heavy atom. The highest BCUT2D eigenvalue weighted by Gasteiger charge is 2.14. The summed E-state index contributed by atoms with van der Waals surface area (Å²) < 4.78 is 5.90. The van der Waals surface area contributed by atoms with E-state index in [9.17, 15) is 9.59 Å². The number of hydrogen-bond donors (Lipinski definition) is 2. The molecule has 0 aliphatic rings. The summed E-state index contributed by atoms with van der Waals surface area (Å²) in [5, 5.41) is 0. The Labute approximate surface area is 152 Å². The van der Waals surface area contributed by atoms with Gasteiger partial charge in [-0.1, -0.05) is 28.1 Å². The van der Waals surface area contributed by atoms with Gasteiger partial charge in [-0.25, -0.2) is 0 Å². The highest BCUT2D eigenvalue weighted by Crippen LogP contribution is 2.22. The van der Waals surface area contributed by atoms with E-state index in [0.29, 0.717) is 11.3 Å². The average Bonchev–Trinajstić information content (AvgIpc) is 3.14. The molecule has 0 aliphatic heterocycles. The van der Waals surface area contributed by atoms with Gasteiger partial charge in [0.25, 0.3) is 5.91 Å². The van der Waals surface area contributed by atoms with Gasteiger partial charge < -0.3 is 4.42 Å². The molecular weight excluding hydrogens is 386 g/mol. The van der Waals surface area contributed by atoms with Crippen LogP contribution < -0.4 is 10.9 Å². The number of furan rings is 1. The number of amides is 2. The van der Waals surface area contributed by atoms with Crippen molar-refractivity contribution < 1.29 is 14.0 Å². The van der Waals surface area contributed by atoms with Crippen LogP contribution in [0.15, 0.2) is 63.7 Å². The van der Waals surface area contributed by atoms with Crippen LogP contribution in [0.1, 0.15) is 26.6 Å². The summed E-state index contributed by atoms with van der Waals surface area (Å²) in [6.07, 6.45) is 1.38. The third kappa shape index (κ3) is 3.95. The van der Waals surface area contributed by atoms with Gasteiger partial charge in [-0.2, -0.15) is 0 Å². The number of hydrazine groups is 1. The Morgan fingerprint density at radius 1 is 1.04 bits per heavy atom. The SMILES string of the molecule is Cc1nc(-c2cccc(Br)c2)ccc1C(=O)NNC(=O)c1ccco1. The minimum atomic E-state index is -0.533. The molecule has 0 saturated heterocycles. The van der Waals surface area contributed by atoms with E-state index in [-0.39, 0.29) is 5.76 Å². The van der Waals surface area contributed by atoms with Crippen molar-refractivity contribution in [3.8, 4) is 11.3 Å². The molecule has 2 aromatic heterocycles. The van der Waals surface area contributed by atoms with Crippen molar-refractivity contribution in [2.24, 2.45) is 0 Å². The molecule has 2 amide bonds. The van der Waals surface area contributed by atoms with Crippen molar-refractivity contribution in [2.75, 3.05) is 0 Å². The molecule has 126 valence electrons. The van der Waals surface area contributed by atoms with E-state index >= 15 is 0 Å². The first kappa shape index (κ1) is 16.9. The maximum Gasteiger partial charge on any atom is 0.305 e. The van der Waals surface area contributed by atoms with E-state index in [0.717, 1.165) is 15.7 Å². The standard InChI is InChI=1S/C18H14BrN3O3/c1-11-14(17(23)21-22-18(24)16-6-3-9-25-16)7-8-15(20-11)12-4-2-5-13(19)10-12/h2-10H,1H3,(H,21,23)(H,22,24). The quantitative estimate of drug-likeness (QED) is 0.660. The van der Waals surface area contributed by atoms with Gasteiger partial charge in [0, 0.05) is 10.0 Å². The van der Waals surface area contributed by atoms with Gasteiger partial charge in [0.2, 0.25) is 0 Å². The molecule has 0 bridgehead atoms. The molecule has 3 rings (SSSR count). The van der Waals surface area contributed by atoms with Gasteiger partial charge >= 0.3 is 5.91 Å². The molecule has 0 fully saturated rings. The Kier molecular flexibility index (Phi) is 4.95. The summed E-state index contributed by atoms with van der Waals surface area (Å²) in [5.74, 6) is -0.874. The van der Waals surface area contributed by atoms with E-state index in [1.54, 1.807) is 25.1 Å². The lowest BCUT2D eigenvalue weighted by Gasteiger charge is -2.09. The van der Waals surface area contributed by atoms with Crippen LogP contribution in [-0.2, 0) is 0 Å². The van der Waals surface area contributed by atoms with Crippen LogP contribution in [0.2, 0.25) is 0 Å². The fourth-order valence-corrected chi connectivity index (χ4v) is 2.66. The number of nitrogens with zero attached hydrogens (tertiary/aromatic N) is 1. The molecule has 0 atom stereocenters. The Bertz CT molecular complexity index is 923. The minimum Gasteiger partial charge on any atom is -0.459 e. The number of rotatable bonds is 3. The molecule has 2 N–H and O–H groups in total. The normalized spacial score (nSPS) is 10.3. The second-order valence-corrected chi connectivity index (χ2v) is 6.14. The number of benzene rings is 1. The first-order chi connectivity index (χ1) is 12.0. The molecule has 25 heavy (non-hydrogen) atoms. The molecule has 0 saturated carbocycles. The minimum absolute atomic E-state index is 0.111. The van der Waals surface area contributed by atoms with Crippen molar-refractivity contribution in [3.63, 3.8) is 0 Å². The molecule has 2 heterocycles.